The van der Waals surface area contributed by atoms with E-state index < -0.39 is 0 Å². The maximum absolute atomic E-state index is 11.3. The van der Waals surface area contributed by atoms with Crippen LogP contribution in [0.2, 0.25) is 0 Å². The van der Waals surface area contributed by atoms with Crippen molar-refractivity contribution in [2.24, 2.45) is 5.92 Å². The van der Waals surface area contributed by atoms with E-state index in [-0.39, 0.29) is 5.56 Å². The van der Waals surface area contributed by atoms with Crippen LogP contribution in [0.1, 0.15) is 50.8 Å². The van der Waals surface area contributed by atoms with E-state index >= 15 is 0 Å². The molecule has 4 heteroatoms. The van der Waals surface area contributed by atoms with Crippen molar-refractivity contribution in [3.8, 4) is 0 Å². The Bertz CT molecular complexity index is 405. The van der Waals surface area contributed by atoms with E-state index in [1.165, 1.54) is 25.3 Å². The van der Waals surface area contributed by atoms with Crippen molar-refractivity contribution >= 4 is 5.82 Å². The number of nitrogens with zero attached hydrogens (tertiary/aromatic N) is 1. The van der Waals surface area contributed by atoms with Crippen molar-refractivity contribution in [2.45, 2.75) is 44.9 Å². The zero-order valence-corrected chi connectivity index (χ0v) is 9.70. The lowest BCUT2D eigenvalue weighted by Gasteiger charge is -2.26. The lowest BCUT2D eigenvalue weighted by atomic mass is 9.80. The summed E-state index contributed by atoms with van der Waals surface area (Å²) in [4.78, 5) is 18.3. The maximum atomic E-state index is 11.3. The van der Waals surface area contributed by atoms with Crippen LogP contribution in [0.15, 0.2) is 10.9 Å². The number of hydrogen-bond donors (Lipinski definition) is 2. The zero-order valence-electron chi connectivity index (χ0n) is 9.70. The van der Waals surface area contributed by atoms with Gasteiger partial charge in [0.15, 0.2) is 0 Å². The first-order chi connectivity index (χ1) is 7.69. The summed E-state index contributed by atoms with van der Waals surface area (Å²) in [5.74, 6) is 2.35. The van der Waals surface area contributed by atoms with Gasteiger partial charge >= 0.3 is 0 Å². The van der Waals surface area contributed by atoms with Gasteiger partial charge in [0.1, 0.15) is 11.6 Å². The molecule has 88 valence electrons. The predicted molar refractivity (Wildman–Crippen MR) is 64.3 cm³/mol. The lowest BCUT2D eigenvalue weighted by Crippen LogP contribution is -2.19. The lowest BCUT2D eigenvalue weighted by molar-refractivity contribution is 0.312. The fourth-order valence-electron chi connectivity index (χ4n) is 2.53. The van der Waals surface area contributed by atoms with Crippen molar-refractivity contribution in [2.75, 3.05) is 5.73 Å². The van der Waals surface area contributed by atoms with Crippen molar-refractivity contribution in [1.82, 2.24) is 9.97 Å². The Hall–Kier alpha value is -1.32. The Balaban J connectivity index is 2.11. The molecule has 3 N–H and O–H groups in total. The fraction of sp³-hybridized carbons (Fsp3) is 0.667. The van der Waals surface area contributed by atoms with Gasteiger partial charge in [-0.15, -0.1) is 0 Å². The maximum Gasteiger partial charge on any atom is 0.252 e. The molecule has 0 amide bonds. The van der Waals surface area contributed by atoms with E-state index in [1.54, 1.807) is 0 Å². The SMILES string of the molecule is CCC1CCC(c2nc(N)cc(=O)[nH]2)CC1. The number of anilines is 1. The molecule has 0 aliphatic heterocycles. The normalized spacial score (nSPS) is 25.6. The van der Waals surface area contributed by atoms with Crippen LogP contribution < -0.4 is 11.3 Å². The molecule has 1 saturated carbocycles. The van der Waals surface area contributed by atoms with Crippen molar-refractivity contribution in [3.63, 3.8) is 0 Å². The van der Waals surface area contributed by atoms with E-state index in [9.17, 15) is 4.79 Å². The highest BCUT2D eigenvalue weighted by Gasteiger charge is 2.22. The third kappa shape index (κ3) is 2.43. The van der Waals surface area contributed by atoms with Crippen LogP contribution in [-0.4, -0.2) is 9.97 Å². The van der Waals surface area contributed by atoms with E-state index in [1.807, 2.05) is 0 Å². The summed E-state index contributed by atoms with van der Waals surface area (Å²) in [5, 5.41) is 0. The number of nitrogen functional groups attached to an aromatic ring is 1. The largest absolute Gasteiger partial charge is 0.383 e. The van der Waals surface area contributed by atoms with Crippen LogP contribution in [0.3, 0.4) is 0 Å². The van der Waals surface area contributed by atoms with Gasteiger partial charge in [-0.05, 0) is 31.6 Å². The molecule has 1 fully saturated rings. The average molecular weight is 221 g/mol. The highest BCUT2D eigenvalue weighted by atomic mass is 16.1. The third-order valence-electron chi connectivity index (χ3n) is 3.59. The van der Waals surface area contributed by atoms with Crippen LogP contribution in [-0.2, 0) is 0 Å². The number of aromatic nitrogens is 2. The number of rotatable bonds is 2. The second-order valence-electron chi connectivity index (χ2n) is 4.68. The molecule has 0 unspecified atom stereocenters. The summed E-state index contributed by atoms with van der Waals surface area (Å²) in [5.41, 5.74) is 5.45. The molecule has 0 aromatic carbocycles. The first kappa shape index (κ1) is 11.2. The highest BCUT2D eigenvalue weighted by Crippen LogP contribution is 2.35. The van der Waals surface area contributed by atoms with Gasteiger partial charge in [-0.2, -0.15) is 0 Å². The summed E-state index contributed by atoms with van der Waals surface area (Å²) < 4.78 is 0. The fourth-order valence-corrected chi connectivity index (χ4v) is 2.53. The molecule has 1 aromatic rings. The van der Waals surface area contributed by atoms with Gasteiger partial charge in [0.2, 0.25) is 0 Å². The van der Waals surface area contributed by atoms with Crippen molar-refractivity contribution < 1.29 is 0 Å². The summed E-state index contributed by atoms with van der Waals surface area (Å²) >= 11 is 0. The number of aromatic amines is 1. The summed E-state index contributed by atoms with van der Waals surface area (Å²) in [6, 6.07) is 1.33. The predicted octanol–water partition coefficient (Wildman–Crippen LogP) is 2.04. The first-order valence-corrected chi connectivity index (χ1v) is 6.05. The van der Waals surface area contributed by atoms with Crippen LogP contribution >= 0.6 is 0 Å². The molecular formula is C12H19N3O. The highest BCUT2D eigenvalue weighted by molar-refractivity contribution is 5.26. The molecule has 1 aromatic heterocycles. The molecule has 0 saturated heterocycles. The molecule has 0 spiro atoms. The van der Waals surface area contributed by atoms with Gasteiger partial charge in [-0.3, -0.25) is 4.79 Å². The van der Waals surface area contributed by atoms with Gasteiger partial charge in [0, 0.05) is 12.0 Å². The summed E-state index contributed by atoms with van der Waals surface area (Å²) in [6.07, 6.45) is 5.96. The Labute approximate surface area is 95.3 Å². The van der Waals surface area contributed by atoms with Gasteiger partial charge in [0.05, 0.1) is 0 Å². The van der Waals surface area contributed by atoms with Gasteiger partial charge in [0.25, 0.3) is 5.56 Å². The van der Waals surface area contributed by atoms with E-state index in [2.05, 4.69) is 16.9 Å². The molecule has 0 bridgehead atoms. The minimum absolute atomic E-state index is 0.139. The minimum atomic E-state index is -0.139. The van der Waals surface area contributed by atoms with Gasteiger partial charge in [-0.25, -0.2) is 4.98 Å². The van der Waals surface area contributed by atoms with E-state index in [0.29, 0.717) is 11.7 Å². The van der Waals surface area contributed by atoms with Gasteiger partial charge < -0.3 is 10.7 Å². The Morgan fingerprint density at radius 2 is 2.12 bits per heavy atom. The van der Waals surface area contributed by atoms with Crippen LogP contribution in [0, 0.1) is 5.92 Å². The second-order valence-corrected chi connectivity index (χ2v) is 4.68. The minimum Gasteiger partial charge on any atom is -0.383 e. The standard InChI is InChI=1S/C12H19N3O/c1-2-8-3-5-9(6-4-8)12-14-10(13)7-11(16)15-12/h7-9H,2-6H2,1H3,(H3,13,14,15,16). The second kappa shape index (κ2) is 4.68. The van der Waals surface area contributed by atoms with E-state index in [0.717, 1.165) is 24.6 Å². The smallest absolute Gasteiger partial charge is 0.252 e. The molecule has 16 heavy (non-hydrogen) atoms. The Morgan fingerprint density at radius 1 is 1.44 bits per heavy atom. The average Bonchev–Trinajstić information content (AvgIpc) is 2.28. The quantitative estimate of drug-likeness (QED) is 0.802. The molecule has 1 aliphatic rings. The summed E-state index contributed by atoms with van der Waals surface area (Å²) in [6.45, 7) is 2.24. The van der Waals surface area contributed by atoms with Crippen LogP contribution in [0.25, 0.3) is 0 Å². The summed E-state index contributed by atoms with van der Waals surface area (Å²) in [7, 11) is 0. The van der Waals surface area contributed by atoms with Crippen LogP contribution in [0.4, 0.5) is 5.82 Å². The van der Waals surface area contributed by atoms with Crippen molar-refractivity contribution in [1.29, 1.82) is 0 Å². The number of nitrogens with two attached hydrogens (primary N) is 1. The topological polar surface area (TPSA) is 71.8 Å². The molecule has 0 radical (unpaired) electrons. The number of nitrogens with one attached hydrogen (secondary N) is 1. The Kier molecular flexibility index (Phi) is 3.27. The molecule has 0 atom stereocenters. The van der Waals surface area contributed by atoms with Crippen molar-refractivity contribution in [3.05, 3.63) is 22.2 Å². The molecule has 1 aliphatic carbocycles. The molecule has 1 heterocycles. The zero-order chi connectivity index (χ0) is 11.5. The number of hydrogen-bond acceptors (Lipinski definition) is 3. The number of H-pyrrole nitrogens is 1. The Morgan fingerprint density at radius 3 is 2.69 bits per heavy atom. The molecular weight excluding hydrogens is 202 g/mol. The van der Waals surface area contributed by atoms with Crippen LogP contribution in [0.5, 0.6) is 0 Å². The van der Waals surface area contributed by atoms with E-state index in [4.69, 9.17) is 5.73 Å². The molecule has 2 rings (SSSR count). The van der Waals surface area contributed by atoms with Gasteiger partial charge in [-0.1, -0.05) is 13.3 Å². The third-order valence-corrected chi connectivity index (χ3v) is 3.59. The monoisotopic (exact) mass is 221 g/mol. The molecule has 4 nitrogen and oxygen atoms in total. The first-order valence-electron chi connectivity index (χ1n) is 6.05.